The van der Waals surface area contributed by atoms with Crippen LogP contribution in [0.1, 0.15) is 22.8 Å². The van der Waals surface area contributed by atoms with E-state index in [-0.39, 0.29) is 11.3 Å². The van der Waals surface area contributed by atoms with Gasteiger partial charge in [0.1, 0.15) is 6.04 Å². The van der Waals surface area contributed by atoms with E-state index in [0.717, 1.165) is 5.56 Å². The third-order valence-corrected chi connectivity index (χ3v) is 4.99. The molecule has 2 N–H and O–H groups in total. The highest BCUT2D eigenvalue weighted by Gasteiger charge is 2.21. The number of nitro groups is 1. The van der Waals surface area contributed by atoms with E-state index in [1.165, 1.54) is 42.2 Å². The van der Waals surface area contributed by atoms with E-state index < -0.39 is 22.8 Å². The number of benzene rings is 2. The number of nitrogens with zero attached hydrogens (tertiary/aromatic N) is 2. The number of amides is 2. The highest BCUT2D eigenvalue weighted by molar-refractivity contribution is 7.98. The van der Waals surface area contributed by atoms with Gasteiger partial charge in [-0.3, -0.25) is 19.7 Å². The fraction of sp³-hybridized carbons (Fsp3) is 0.190. The summed E-state index contributed by atoms with van der Waals surface area (Å²) >= 11 is 1.50. The van der Waals surface area contributed by atoms with Crippen molar-refractivity contribution in [1.82, 2.24) is 10.7 Å². The van der Waals surface area contributed by atoms with Crippen LogP contribution in [0.25, 0.3) is 0 Å². The van der Waals surface area contributed by atoms with Gasteiger partial charge in [0.05, 0.1) is 4.92 Å². The van der Waals surface area contributed by atoms with Gasteiger partial charge in [-0.2, -0.15) is 16.9 Å². The number of allylic oxidation sites excluding steroid dienone is 2. The molecular formula is C21H22N4O4S. The summed E-state index contributed by atoms with van der Waals surface area (Å²) in [6.45, 7) is 1.82. The van der Waals surface area contributed by atoms with Gasteiger partial charge in [0, 0.05) is 35.4 Å². The van der Waals surface area contributed by atoms with E-state index in [1.54, 1.807) is 12.2 Å². The zero-order chi connectivity index (χ0) is 21.8. The van der Waals surface area contributed by atoms with Crippen molar-refractivity contribution >= 4 is 35.5 Å². The summed E-state index contributed by atoms with van der Waals surface area (Å²) in [6.07, 6.45) is 4.86. The van der Waals surface area contributed by atoms with Crippen LogP contribution in [0.3, 0.4) is 0 Å². The van der Waals surface area contributed by atoms with Crippen LogP contribution in [0.2, 0.25) is 0 Å². The van der Waals surface area contributed by atoms with Gasteiger partial charge in [-0.25, -0.2) is 5.43 Å². The SMILES string of the molecule is C/C=C/C=N\NC(=O)[C@H](CSCc1ccccc1)NC(=O)c1ccc([N+](=O)[O-])cc1. The first kappa shape index (κ1) is 22.8. The van der Waals surface area contributed by atoms with E-state index in [0.29, 0.717) is 11.5 Å². The predicted molar refractivity (Wildman–Crippen MR) is 118 cm³/mol. The molecule has 156 valence electrons. The van der Waals surface area contributed by atoms with E-state index in [4.69, 9.17) is 0 Å². The summed E-state index contributed by atoms with van der Waals surface area (Å²) < 4.78 is 0. The van der Waals surface area contributed by atoms with Gasteiger partial charge in [-0.1, -0.05) is 36.4 Å². The number of hydrogen-bond donors (Lipinski definition) is 2. The summed E-state index contributed by atoms with van der Waals surface area (Å²) in [5.41, 5.74) is 3.63. The first-order chi connectivity index (χ1) is 14.5. The summed E-state index contributed by atoms with van der Waals surface area (Å²) in [7, 11) is 0. The molecule has 2 aromatic carbocycles. The quantitative estimate of drug-likeness (QED) is 0.344. The van der Waals surface area contributed by atoms with Gasteiger partial charge < -0.3 is 5.32 Å². The molecule has 0 unspecified atom stereocenters. The molecule has 0 spiro atoms. The van der Waals surface area contributed by atoms with Crippen molar-refractivity contribution in [1.29, 1.82) is 0 Å². The van der Waals surface area contributed by atoms with Gasteiger partial charge in [0.2, 0.25) is 0 Å². The molecule has 30 heavy (non-hydrogen) atoms. The number of carbonyl (C=O) groups excluding carboxylic acids is 2. The molecule has 8 nitrogen and oxygen atoms in total. The van der Waals surface area contributed by atoms with Crippen molar-refractivity contribution in [3.63, 3.8) is 0 Å². The lowest BCUT2D eigenvalue weighted by molar-refractivity contribution is -0.384. The molecule has 9 heteroatoms. The van der Waals surface area contributed by atoms with Crippen molar-refractivity contribution in [2.24, 2.45) is 5.10 Å². The predicted octanol–water partition coefficient (Wildman–Crippen LogP) is 3.30. The molecular weight excluding hydrogens is 404 g/mol. The standard InChI is InChI=1S/C21H22N4O4S/c1-2-3-13-22-24-21(27)19(15-30-14-16-7-5-4-6-8-16)23-20(26)17-9-11-18(12-10-17)25(28)29/h2-13,19H,14-15H2,1H3,(H,23,26)(H,24,27)/b3-2+,22-13-/t19-/m0/s1. The van der Waals surface area contributed by atoms with Gasteiger partial charge in [0.15, 0.2) is 0 Å². The number of hydrogen-bond acceptors (Lipinski definition) is 6. The average molecular weight is 426 g/mol. The number of carbonyl (C=O) groups is 2. The maximum Gasteiger partial charge on any atom is 0.269 e. The van der Waals surface area contributed by atoms with E-state index in [2.05, 4.69) is 15.8 Å². The molecule has 0 aliphatic rings. The molecule has 2 rings (SSSR count). The molecule has 0 saturated heterocycles. The Balaban J connectivity index is 2.03. The van der Waals surface area contributed by atoms with E-state index in [1.807, 2.05) is 37.3 Å². The zero-order valence-electron chi connectivity index (χ0n) is 16.4. The number of nitrogens with one attached hydrogen (secondary N) is 2. The fourth-order valence-electron chi connectivity index (χ4n) is 2.34. The summed E-state index contributed by atoms with van der Waals surface area (Å²) in [4.78, 5) is 35.2. The van der Waals surface area contributed by atoms with E-state index in [9.17, 15) is 19.7 Å². The topological polar surface area (TPSA) is 114 Å². The van der Waals surface area contributed by atoms with E-state index >= 15 is 0 Å². The van der Waals surface area contributed by atoms with Crippen LogP contribution in [0.5, 0.6) is 0 Å². The lowest BCUT2D eigenvalue weighted by atomic mass is 10.2. The minimum atomic E-state index is -0.829. The summed E-state index contributed by atoms with van der Waals surface area (Å²) in [6, 6.07) is 14.1. The van der Waals surface area contributed by atoms with Crippen LogP contribution >= 0.6 is 11.8 Å². The molecule has 0 saturated carbocycles. The minimum Gasteiger partial charge on any atom is -0.339 e. The van der Waals surface area contributed by atoms with Crippen LogP contribution in [0.4, 0.5) is 5.69 Å². The van der Waals surface area contributed by atoms with Gasteiger partial charge in [-0.05, 0) is 30.7 Å². The largest absolute Gasteiger partial charge is 0.339 e. The number of nitro benzene ring substituents is 1. The number of non-ortho nitro benzene ring substituents is 1. The number of rotatable bonds is 10. The Morgan fingerprint density at radius 2 is 1.87 bits per heavy atom. The highest BCUT2D eigenvalue weighted by atomic mass is 32.2. The molecule has 2 amide bonds. The maximum atomic E-state index is 12.5. The molecule has 0 fully saturated rings. The van der Waals surface area contributed by atoms with Crippen molar-refractivity contribution in [2.45, 2.75) is 18.7 Å². The Morgan fingerprint density at radius 3 is 2.50 bits per heavy atom. The molecule has 0 radical (unpaired) electrons. The number of thioether (sulfide) groups is 1. The van der Waals surface area contributed by atoms with Crippen LogP contribution in [-0.2, 0) is 10.5 Å². The second kappa shape index (κ2) is 12.2. The van der Waals surface area contributed by atoms with Crippen LogP contribution < -0.4 is 10.7 Å². The van der Waals surface area contributed by atoms with Crippen LogP contribution in [-0.4, -0.2) is 34.7 Å². The van der Waals surface area contributed by atoms with Gasteiger partial charge in [-0.15, -0.1) is 0 Å². The second-order valence-electron chi connectivity index (χ2n) is 6.11. The van der Waals surface area contributed by atoms with Crippen molar-refractivity contribution < 1.29 is 14.5 Å². The monoisotopic (exact) mass is 426 g/mol. The zero-order valence-corrected chi connectivity index (χ0v) is 17.2. The number of hydrazone groups is 1. The lowest BCUT2D eigenvalue weighted by Crippen LogP contribution is -2.47. The Labute approximate surface area is 178 Å². The van der Waals surface area contributed by atoms with Gasteiger partial charge >= 0.3 is 0 Å². The summed E-state index contributed by atoms with van der Waals surface area (Å²) in [5.74, 6) is 0.0627. The molecule has 0 heterocycles. The average Bonchev–Trinajstić information content (AvgIpc) is 2.76. The molecule has 0 bridgehead atoms. The molecule has 1 atom stereocenters. The third-order valence-electron chi connectivity index (χ3n) is 3.89. The Bertz CT molecular complexity index is 914. The van der Waals surface area contributed by atoms with Crippen molar-refractivity contribution in [2.75, 3.05) is 5.75 Å². The molecule has 0 aromatic heterocycles. The molecule has 0 aliphatic heterocycles. The maximum absolute atomic E-state index is 12.5. The Morgan fingerprint density at radius 1 is 1.17 bits per heavy atom. The first-order valence-corrected chi connectivity index (χ1v) is 10.3. The van der Waals surface area contributed by atoms with Crippen LogP contribution in [0.15, 0.2) is 71.9 Å². The normalized spacial score (nSPS) is 12.0. The highest BCUT2D eigenvalue weighted by Crippen LogP contribution is 2.15. The molecule has 2 aromatic rings. The fourth-order valence-corrected chi connectivity index (χ4v) is 3.35. The molecule has 0 aliphatic carbocycles. The first-order valence-electron chi connectivity index (χ1n) is 9.12. The minimum absolute atomic E-state index is 0.113. The third kappa shape index (κ3) is 7.51. The summed E-state index contributed by atoms with van der Waals surface area (Å²) in [5, 5.41) is 17.3. The van der Waals surface area contributed by atoms with Crippen molar-refractivity contribution in [3.8, 4) is 0 Å². The second-order valence-corrected chi connectivity index (χ2v) is 7.14. The van der Waals surface area contributed by atoms with Crippen molar-refractivity contribution in [3.05, 3.63) is 88.0 Å². The Kier molecular flexibility index (Phi) is 9.26. The smallest absolute Gasteiger partial charge is 0.269 e. The lowest BCUT2D eigenvalue weighted by Gasteiger charge is -2.17. The van der Waals surface area contributed by atoms with Gasteiger partial charge in [0.25, 0.3) is 17.5 Å². The Hall–Kier alpha value is -3.46. The van der Waals surface area contributed by atoms with Crippen LogP contribution in [0, 0.1) is 10.1 Å².